The van der Waals surface area contributed by atoms with Crippen molar-refractivity contribution in [3.63, 3.8) is 0 Å². The number of hydrogen-bond donors (Lipinski definition) is 1. The molecule has 2 aromatic rings. The van der Waals surface area contributed by atoms with Crippen molar-refractivity contribution in [3.05, 3.63) is 57.5 Å². The standard InChI is InChI=1S/C18H24N2O2/c1-5-13-7-8-17(22-4)15(9-13)11-19-16-10-14(6-2)12-20(3)18(16)21/h7-10,12,19H,5-6,11H2,1-4H3. The number of hydrogen-bond acceptors (Lipinski definition) is 3. The molecule has 1 N–H and O–H groups in total. The summed E-state index contributed by atoms with van der Waals surface area (Å²) in [5, 5.41) is 3.26. The predicted molar refractivity (Wildman–Crippen MR) is 90.8 cm³/mol. The van der Waals surface area contributed by atoms with Crippen molar-refractivity contribution in [1.82, 2.24) is 4.57 Å². The fraction of sp³-hybridized carbons (Fsp3) is 0.389. The van der Waals surface area contributed by atoms with E-state index in [1.165, 1.54) is 5.56 Å². The SMILES string of the molecule is CCc1ccc(OC)c(CNc2cc(CC)cn(C)c2=O)c1. The highest BCUT2D eigenvalue weighted by Crippen LogP contribution is 2.21. The third kappa shape index (κ3) is 3.50. The molecule has 0 atom stereocenters. The maximum Gasteiger partial charge on any atom is 0.273 e. The molecule has 4 heteroatoms. The van der Waals surface area contributed by atoms with Gasteiger partial charge in [-0.2, -0.15) is 0 Å². The van der Waals surface area contributed by atoms with E-state index in [9.17, 15) is 4.79 Å². The molecule has 0 saturated heterocycles. The fourth-order valence-corrected chi connectivity index (χ4v) is 2.48. The van der Waals surface area contributed by atoms with Crippen LogP contribution in [0.3, 0.4) is 0 Å². The lowest BCUT2D eigenvalue weighted by atomic mass is 10.1. The molecule has 1 heterocycles. The van der Waals surface area contributed by atoms with Crippen LogP contribution in [-0.4, -0.2) is 11.7 Å². The largest absolute Gasteiger partial charge is 0.496 e. The van der Waals surface area contributed by atoms with Crippen LogP contribution in [0.15, 0.2) is 35.3 Å². The Morgan fingerprint density at radius 3 is 2.50 bits per heavy atom. The molecule has 0 spiro atoms. The minimum Gasteiger partial charge on any atom is -0.496 e. The molecule has 0 aliphatic heterocycles. The van der Waals surface area contributed by atoms with Crippen LogP contribution in [0.4, 0.5) is 5.69 Å². The molecule has 118 valence electrons. The number of rotatable bonds is 6. The highest BCUT2D eigenvalue weighted by Gasteiger charge is 2.07. The number of nitrogens with one attached hydrogen (secondary N) is 1. The van der Waals surface area contributed by atoms with E-state index >= 15 is 0 Å². The van der Waals surface area contributed by atoms with Gasteiger partial charge in [-0.3, -0.25) is 4.79 Å². The topological polar surface area (TPSA) is 43.3 Å². The molecule has 0 radical (unpaired) electrons. The molecule has 22 heavy (non-hydrogen) atoms. The van der Waals surface area contributed by atoms with E-state index in [4.69, 9.17) is 4.74 Å². The van der Waals surface area contributed by atoms with Crippen LogP contribution >= 0.6 is 0 Å². The van der Waals surface area contributed by atoms with Gasteiger partial charge < -0.3 is 14.6 Å². The first kappa shape index (κ1) is 16.1. The van der Waals surface area contributed by atoms with Crippen LogP contribution in [0.1, 0.15) is 30.5 Å². The van der Waals surface area contributed by atoms with Crippen molar-refractivity contribution in [2.45, 2.75) is 33.2 Å². The number of aromatic nitrogens is 1. The third-order valence-electron chi connectivity index (χ3n) is 3.87. The molecule has 0 aliphatic rings. The zero-order valence-corrected chi connectivity index (χ0v) is 13.8. The zero-order valence-electron chi connectivity index (χ0n) is 13.8. The normalized spacial score (nSPS) is 10.5. The molecule has 2 rings (SSSR count). The van der Waals surface area contributed by atoms with Crippen LogP contribution < -0.4 is 15.6 Å². The second kappa shape index (κ2) is 7.16. The highest BCUT2D eigenvalue weighted by molar-refractivity contribution is 5.46. The summed E-state index contributed by atoms with van der Waals surface area (Å²) in [4.78, 5) is 12.2. The predicted octanol–water partition coefficient (Wildman–Crippen LogP) is 3.13. The molecule has 4 nitrogen and oxygen atoms in total. The summed E-state index contributed by atoms with van der Waals surface area (Å²) in [7, 11) is 3.45. The van der Waals surface area contributed by atoms with E-state index in [0.29, 0.717) is 12.2 Å². The van der Waals surface area contributed by atoms with Crippen molar-refractivity contribution in [2.75, 3.05) is 12.4 Å². The van der Waals surface area contributed by atoms with E-state index in [-0.39, 0.29) is 5.56 Å². The lowest BCUT2D eigenvalue weighted by Gasteiger charge is -2.13. The molecular formula is C18H24N2O2. The number of nitrogens with zero attached hydrogens (tertiary/aromatic N) is 1. The molecule has 0 bridgehead atoms. The Labute approximate surface area is 131 Å². The Bertz CT molecular complexity index is 705. The van der Waals surface area contributed by atoms with Gasteiger partial charge in [-0.15, -0.1) is 0 Å². The smallest absolute Gasteiger partial charge is 0.273 e. The lowest BCUT2D eigenvalue weighted by Crippen LogP contribution is -2.21. The zero-order chi connectivity index (χ0) is 16.1. The Balaban J connectivity index is 2.27. The summed E-state index contributed by atoms with van der Waals surface area (Å²) in [6.07, 6.45) is 3.76. The van der Waals surface area contributed by atoms with Crippen LogP contribution in [-0.2, 0) is 26.4 Å². The number of anilines is 1. The minimum atomic E-state index is -0.0113. The second-order valence-corrected chi connectivity index (χ2v) is 5.38. The Morgan fingerprint density at radius 1 is 1.14 bits per heavy atom. The summed E-state index contributed by atoms with van der Waals surface area (Å²) in [5.74, 6) is 0.841. The molecule has 0 unspecified atom stereocenters. The van der Waals surface area contributed by atoms with Gasteiger partial charge >= 0.3 is 0 Å². The maximum atomic E-state index is 12.2. The number of methoxy groups -OCH3 is 1. The summed E-state index contributed by atoms with van der Waals surface area (Å²) < 4.78 is 7.03. The monoisotopic (exact) mass is 300 g/mol. The average molecular weight is 300 g/mol. The van der Waals surface area contributed by atoms with Gasteiger partial charge in [0, 0.05) is 25.4 Å². The Kier molecular flexibility index (Phi) is 5.26. The Morgan fingerprint density at radius 2 is 1.86 bits per heavy atom. The van der Waals surface area contributed by atoms with Gasteiger partial charge in [-0.1, -0.05) is 26.0 Å². The van der Waals surface area contributed by atoms with Gasteiger partial charge in [0.1, 0.15) is 11.4 Å². The first-order valence-corrected chi connectivity index (χ1v) is 7.68. The average Bonchev–Trinajstić information content (AvgIpc) is 2.55. The lowest BCUT2D eigenvalue weighted by molar-refractivity contribution is 0.410. The van der Waals surface area contributed by atoms with Gasteiger partial charge in [0.05, 0.1) is 7.11 Å². The summed E-state index contributed by atoms with van der Waals surface area (Å²) in [6, 6.07) is 8.11. The van der Waals surface area contributed by atoms with Crippen molar-refractivity contribution in [3.8, 4) is 5.75 Å². The summed E-state index contributed by atoms with van der Waals surface area (Å²) >= 11 is 0. The molecule has 1 aromatic carbocycles. The van der Waals surface area contributed by atoms with Gasteiger partial charge in [0.25, 0.3) is 5.56 Å². The van der Waals surface area contributed by atoms with Gasteiger partial charge in [-0.25, -0.2) is 0 Å². The second-order valence-electron chi connectivity index (χ2n) is 5.38. The van der Waals surface area contributed by atoms with E-state index in [0.717, 1.165) is 29.7 Å². The van der Waals surface area contributed by atoms with E-state index in [2.05, 4.69) is 31.3 Å². The van der Waals surface area contributed by atoms with Gasteiger partial charge in [-0.05, 0) is 36.1 Å². The van der Waals surface area contributed by atoms with E-state index in [1.54, 1.807) is 18.7 Å². The first-order valence-electron chi connectivity index (χ1n) is 7.68. The molecule has 0 amide bonds. The van der Waals surface area contributed by atoms with Crippen LogP contribution in [0.5, 0.6) is 5.75 Å². The van der Waals surface area contributed by atoms with Crippen LogP contribution in [0.2, 0.25) is 0 Å². The highest BCUT2D eigenvalue weighted by atomic mass is 16.5. The number of pyridine rings is 1. The van der Waals surface area contributed by atoms with Gasteiger partial charge in [0.2, 0.25) is 0 Å². The summed E-state index contributed by atoms with van der Waals surface area (Å²) in [5.41, 5.74) is 4.08. The van der Waals surface area contributed by atoms with Crippen LogP contribution in [0, 0.1) is 0 Å². The fourth-order valence-electron chi connectivity index (χ4n) is 2.48. The number of aryl methyl sites for hydroxylation is 3. The van der Waals surface area contributed by atoms with Crippen molar-refractivity contribution in [1.29, 1.82) is 0 Å². The maximum absolute atomic E-state index is 12.2. The van der Waals surface area contributed by atoms with Crippen molar-refractivity contribution < 1.29 is 4.74 Å². The summed E-state index contributed by atoms with van der Waals surface area (Å²) in [6.45, 7) is 4.77. The molecular weight excluding hydrogens is 276 g/mol. The van der Waals surface area contributed by atoms with E-state index < -0.39 is 0 Å². The number of benzene rings is 1. The molecule has 0 saturated carbocycles. The molecule has 0 fully saturated rings. The van der Waals surface area contributed by atoms with Crippen LogP contribution in [0.25, 0.3) is 0 Å². The quantitative estimate of drug-likeness (QED) is 0.891. The van der Waals surface area contributed by atoms with E-state index in [1.807, 2.05) is 18.3 Å². The molecule has 1 aromatic heterocycles. The number of ether oxygens (including phenoxy) is 1. The first-order chi connectivity index (χ1) is 10.6. The van der Waals surface area contributed by atoms with Crippen molar-refractivity contribution >= 4 is 5.69 Å². The minimum absolute atomic E-state index is 0.0113. The third-order valence-corrected chi connectivity index (χ3v) is 3.87. The van der Waals surface area contributed by atoms with Crippen molar-refractivity contribution in [2.24, 2.45) is 7.05 Å². The molecule has 0 aliphatic carbocycles. The van der Waals surface area contributed by atoms with Gasteiger partial charge in [0.15, 0.2) is 0 Å². The Hall–Kier alpha value is -2.23.